The second-order valence-electron chi connectivity index (χ2n) is 3.48. The van der Waals surface area contributed by atoms with Crippen molar-refractivity contribution in [3.63, 3.8) is 0 Å². The van der Waals surface area contributed by atoms with Gasteiger partial charge in [-0.1, -0.05) is 23.7 Å². The number of aliphatic carboxylic acids is 1. The Morgan fingerprint density at radius 1 is 1.65 bits per heavy atom. The first-order valence-corrected chi connectivity index (χ1v) is 5.54. The summed E-state index contributed by atoms with van der Waals surface area (Å²) < 4.78 is 4.82. The summed E-state index contributed by atoms with van der Waals surface area (Å²) in [5, 5.41) is 14.9. The zero-order valence-corrected chi connectivity index (χ0v) is 10.0. The third-order valence-corrected chi connectivity index (χ3v) is 2.35. The first-order chi connectivity index (χ1) is 8.02. The normalized spacial score (nSPS) is 12.1. The van der Waals surface area contributed by atoms with Gasteiger partial charge in [-0.05, 0) is 6.42 Å². The van der Waals surface area contributed by atoms with Crippen LogP contribution in [-0.4, -0.2) is 28.2 Å². The molecule has 2 N–H and O–H groups in total. The highest BCUT2D eigenvalue weighted by atomic mass is 35.5. The number of hydrogen-bond donors (Lipinski definition) is 2. The third-order valence-electron chi connectivity index (χ3n) is 2.17. The smallest absolute Gasteiger partial charge is 0.326 e. The molecule has 0 radical (unpaired) electrons. The molecule has 17 heavy (non-hydrogen) atoms. The van der Waals surface area contributed by atoms with E-state index in [-0.39, 0.29) is 17.5 Å². The van der Waals surface area contributed by atoms with Crippen LogP contribution in [0.2, 0.25) is 5.15 Å². The molecule has 0 aromatic carbocycles. The number of aryl methyl sites for hydroxylation is 1. The predicted molar refractivity (Wildman–Crippen MR) is 59.7 cm³/mol. The van der Waals surface area contributed by atoms with Gasteiger partial charge in [-0.3, -0.25) is 4.79 Å². The average Bonchev–Trinajstić information content (AvgIpc) is 2.68. The summed E-state index contributed by atoms with van der Waals surface area (Å²) in [7, 11) is 0. The van der Waals surface area contributed by atoms with Crippen molar-refractivity contribution >= 4 is 23.5 Å². The monoisotopic (exact) mass is 260 g/mol. The van der Waals surface area contributed by atoms with Gasteiger partial charge in [-0.2, -0.15) is 0 Å². The van der Waals surface area contributed by atoms with Gasteiger partial charge in [0.05, 0.1) is 0 Å². The molecule has 0 saturated heterocycles. The number of carbonyl (C=O) groups is 2. The van der Waals surface area contributed by atoms with Crippen LogP contribution in [0, 0.1) is 0 Å². The van der Waals surface area contributed by atoms with Crippen molar-refractivity contribution in [3.05, 3.63) is 17.0 Å². The van der Waals surface area contributed by atoms with Crippen LogP contribution >= 0.6 is 11.6 Å². The van der Waals surface area contributed by atoms with E-state index < -0.39 is 12.0 Å². The summed E-state index contributed by atoms with van der Waals surface area (Å²) in [5.41, 5.74) is 0. The number of rotatable bonds is 6. The quantitative estimate of drug-likeness (QED) is 0.803. The fourth-order valence-corrected chi connectivity index (χ4v) is 1.40. The minimum atomic E-state index is -1.04. The van der Waals surface area contributed by atoms with E-state index in [1.54, 1.807) is 6.92 Å². The first-order valence-electron chi connectivity index (χ1n) is 5.16. The van der Waals surface area contributed by atoms with Crippen molar-refractivity contribution in [2.24, 2.45) is 0 Å². The summed E-state index contributed by atoms with van der Waals surface area (Å²) in [5.74, 6) is -0.885. The Morgan fingerprint density at radius 2 is 2.35 bits per heavy atom. The Morgan fingerprint density at radius 3 is 2.82 bits per heavy atom. The van der Waals surface area contributed by atoms with Crippen molar-refractivity contribution in [2.45, 2.75) is 32.2 Å². The highest BCUT2D eigenvalue weighted by molar-refractivity contribution is 6.29. The molecular weight excluding hydrogens is 248 g/mol. The summed E-state index contributed by atoms with van der Waals surface area (Å²) in [4.78, 5) is 22.1. The van der Waals surface area contributed by atoms with Crippen molar-refractivity contribution in [1.82, 2.24) is 10.5 Å². The minimum Gasteiger partial charge on any atom is -0.480 e. The van der Waals surface area contributed by atoms with Crippen LogP contribution in [0.5, 0.6) is 0 Å². The third kappa shape index (κ3) is 4.44. The second kappa shape index (κ2) is 6.24. The number of aromatic nitrogens is 1. The van der Waals surface area contributed by atoms with Gasteiger partial charge in [0.2, 0.25) is 5.91 Å². The largest absolute Gasteiger partial charge is 0.480 e. The molecular formula is C10H13ClN2O4. The summed E-state index contributed by atoms with van der Waals surface area (Å²) >= 11 is 5.54. The average molecular weight is 261 g/mol. The summed E-state index contributed by atoms with van der Waals surface area (Å²) in [6, 6.07) is 0.671. The molecule has 0 aliphatic heterocycles. The molecule has 6 nitrogen and oxygen atoms in total. The molecule has 0 bridgehead atoms. The van der Waals surface area contributed by atoms with Gasteiger partial charge < -0.3 is 14.9 Å². The van der Waals surface area contributed by atoms with Crippen LogP contribution in [0.25, 0.3) is 0 Å². The second-order valence-corrected chi connectivity index (χ2v) is 3.87. The highest BCUT2D eigenvalue weighted by Crippen LogP contribution is 2.10. The number of hydrogen-bond acceptors (Lipinski definition) is 4. The lowest BCUT2D eigenvalue weighted by atomic mass is 10.2. The molecule has 1 aromatic rings. The van der Waals surface area contributed by atoms with Crippen LogP contribution < -0.4 is 5.32 Å². The molecule has 0 saturated carbocycles. The zero-order chi connectivity index (χ0) is 12.8. The molecule has 1 unspecified atom stereocenters. The molecule has 1 aromatic heterocycles. The standard InChI is InChI=1S/C10H13ClN2O4/c1-2-7(10(15)16)12-9(14)4-3-6-5-8(11)13-17-6/h5,7H,2-4H2,1H3,(H,12,14)(H,15,16). The lowest BCUT2D eigenvalue weighted by molar-refractivity contribution is -0.141. The van der Waals surface area contributed by atoms with Gasteiger partial charge in [0.1, 0.15) is 11.8 Å². The van der Waals surface area contributed by atoms with Gasteiger partial charge in [0.25, 0.3) is 0 Å². The Bertz CT molecular complexity index is 405. The van der Waals surface area contributed by atoms with E-state index in [0.29, 0.717) is 18.6 Å². The number of carbonyl (C=O) groups excluding carboxylic acids is 1. The van der Waals surface area contributed by atoms with Crippen molar-refractivity contribution < 1.29 is 19.2 Å². The molecule has 0 spiro atoms. The SMILES string of the molecule is CCC(NC(=O)CCc1cc(Cl)no1)C(=O)O. The van der Waals surface area contributed by atoms with Gasteiger partial charge >= 0.3 is 5.97 Å². The number of halogens is 1. The Hall–Kier alpha value is -1.56. The maximum Gasteiger partial charge on any atom is 0.326 e. The molecule has 0 fully saturated rings. The van der Waals surface area contributed by atoms with E-state index in [2.05, 4.69) is 10.5 Å². The van der Waals surface area contributed by atoms with Crippen molar-refractivity contribution in [2.75, 3.05) is 0 Å². The summed E-state index contributed by atoms with van der Waals surface area (Å²) in [6.45, 7) is 1.69. The van der Waals surface area contributed by atoms with Crippen molar-refractivity contribution in [1.29, 1.82) is 0 Å². The number of nitrogens with one attached hydrogen (secondary N) is 1. The minimum absolute atomic E-state index is 0.134. The van der Waals surface area contributed by atoms with Gasteiger partial charge in [-0.15, -0.1) is 0 Å². The first kappa shape index (κ1) is 13.5. The Labute approximate surface area is 103 Å². The van der Waals surface area contributed by atoms with Crippen molar-refractivity contribution in [3.8, 4) is 0 Å². The predicted octanol–water partition coefficient (Wildman–Crippen LogP) is 1.24. The highest BCUT2D eigenvalue weighted by Gasteiger charge is 2.17. The van der Waals surface area contributed by atoms with Crippen LogP contribution in [0.4, 0.5) is 0 Å². The fraction of sp³-hybridized carbons (Fsp3) is 0.500. The van der Waals surface area contributed by atoms with E-state index in [0.717, 1.165) is 0 Å². The maximum absolute atomic E-state index is 11.4. The number of carboxylic acid groups (broad SMARTS) is 1. The Kier molecular flexibility index (Phi) is 4.96. The molecule has 7 heteroatoms. The van der Waals surface area contributed by atoms with Crippen LogP contribution in [0.1, 0.15) is 25.5 Å². The van der Waals surface area contributed by atoms with Gasteiger partial charge in [0.15, 0.2) is 5.15 Å². The number of nitrogens with zero attached hydrogens (tertiary/aromatic N) is 1. The number of carboxylic acids is 1. The molecule has 1 rings (SSSR count). The zero-order valence-electron chi connectivity index (χ0n) is 9.27. The van der Waals surface area contributed by atoms with E-state index in [9.17, 15) is 9.59 Å². The van der Waals surface area contributed by atoms with Gasteiger partial charge in [-0.25, -0.2) is 4.79 Å². The van der Waals surface area contributed by atoms with E-state index in [1.165, 1.54) is 6.07 Å². The van der Waals surface area contributed by atoms with Crippen LogP contribution in [0.15, 0.2) is 10.6 Å². The Balaban J connectivity index is 2.37. The van der Waals surface area contributed by atoms with Gasteiger partial charge in [0, 0.05) is 18.9 Å². The topological polar surface area (TPSA) is 92.4 Å². The molecule has 1 atom stereocenters. The van der Waals surface area contributed by atoms with Crippen LogP contribution in [-0.2, 0) is 16.0 Å². The van der Waals surface area contributed by atoms with E-state index >= 15 is 0 Å². The molecule has 0 aliphatic rings. The lowest BCUT2D eigenvalue weighted by Crippen LogP contribution is -2.40. The maximum atomic E-state index is 11.4. The van der Waals surface area contributed by atoms with E-state index in [4.69, 9.17) is 21.2 Å². The lowest BCUT2D eigenvalue weighted by Gasteiger charge is -2.11. The fourth-order valence-electron chi connectivity index (χ4n) is 1.25. The molecule has 94 valence electrons. The number of amides is 1. The summed E-state index contributed by atoms with van der Waals surface area (Å²) in [6.07, 6.45) is 0.812. The van der Waals surface area contributed by atoms with Crippen LogP contribution in [0.3, 0.4) is 0 Å². The molecule has 1 amide bonds. The molecule has 1 heterocycles. The molecule has 0 aliphatic carbocycles. The van der Waals surface area contributed by atoms with E-state index in [1.807, 2.05) is 0 Å².